The number of rotatable bonds is 8. The van der Waals surface area contributed by atoms with Gasteiger partial charge in [0.25, 0.3) is 0 Å². The maximum absolute atomic E-state index is 11.9. The summed E-state index contributed by atoms with van der Waals surface area (Å²) in [7, 11) is 3.59. The minimum Gasteiger partial charge on any atom is -0.385 e. The number of aliphatic imine (C=N–C) groups is 1. The second kappa shape index (κ2) is 9.92. The van der Waals surface area contributed by atoms with Crippen LogP contribution in [0.3, 0.4) is 0 Å². The van der Waals surface area contributed by atoms with E-state index < -0.39 is 0 Å². The molecule has 6 heteroatoms. The molecule has 1 heterocycles. The van der Waals surface area contributed by atoms with Gasteiger partial charge in [-0.1, -0.05) is 25.0 Å². The summed E-state index contributed by atoms with van der Waals surface area (Å²) in [6.45, 7) is 3.29. The average Bonchev–Trinajstić information content (AvgIpc) is 3.36. The van der Waals surface area contributed by atoms with Crippen LogP contribution in [0.2, 0.25) is 0 Å². The smallest absolute Gasteiger partial charge is 0.227 e. The van der Waals surface area contributed by atoms with Gasteiger partial charge in [0.05, 0.1) is 0 Å². The van der Waals surface area contributed by atoms with Crippen molar-refractivity contribution < 1.29 is 9.53 Å². The molecule has 1 aromatic rings. The van der Waals surface area contributed by atoms with E-state index in [0.29, 0.717) is 18.4 Å². The second-order valence-electron chi connectivity index (χ2n) is 8.04. The summed E-state index contributed by atoms with van der Waals surface area (Å²) in [6.07, 6.45) is 7.86. The number of methoxy groups -OCH3 is 1. The monoisotopic (exact) mass is 386 g/mol. The molecule has 2 fully saturated rings. The first kappa shape index (κ1) is 20.6. The minimum atomic E-state index is 0.227. The van der Waals surface area contributed by atoms with E-state index in [1.54, 1.807) is 7.11 Å². The fourth-order valence-corrected chi connectivity index (χ4v) is 4.35. The molecule has 1 aliphatic carbocycles. The van der Waals surface area contributed by atoms with Crippen molar-refractivity contribution in [1.82, 2.24) is 10.6 Å². The summed E-state index contributed by atoms with van der Waals surface area (Å²) in [5.41, 5.74) is 2.50. The van der Waals surface area contributed by atoms with Crippen LogP contribution in [0.15, 0.2) is 29.3 Å². The number of carbonyl (C=O) groups is 1. The molecule has 0 aromatic heterocycles. The Hall–Kier alpha value is -2.08. The van der Waals surface area contributed by atoms with Gasteiger partial charge in [-0.25, -0.2) is 0 Å². The van der Waals surface area contributed by atoms with Gasteiger partial charge < -0.3 is 20.3 Å². The van der Waals surface area contributed by atoms with Gasteiger partial charge in [-0.05, 0) is 48.8 Å². The first-order valence-corrected chi connectivity index (χ1v) is 10.5. The highest BCUT2D eigenvalue weighted by Gasteiger charge is 2.33. The predicted molar refractivity (Wildman–Crippen MR) is 114 cm³/mol. The molecule has 1 amide bonds. The van der Waals surface area contributed by atoms with Gasteiger partial charge in [0.15, 0.2) is 5.96 Å². The molecule has 1 aliphatic heterocycles. The van der Waals surface area contributed by atoms with Gasteiger partial charge in [-0.15, -0.1) is 0 Å². The van der Waals surface area contributed by atoms with Crippen LogP contribution in [-0.4, -0.2) is 45.7 Å². The first-order chi connectivity index (χ1) is 13.7. The summed E-state index contributed by atoms with van der Waals surface area (Å²) in [6, 6.07) is 8.24. The van der Waals surface area contributed by atoms with Crippen LogP contribution >= 0.6 is 0 Å². The SMILES string of the molecule is CN=C(NCc1ccc(N2CCCC2=O)cc1)NCC1(CCOC)CCCC1. The molecule has 28 heavy (non-hydrogen) atoms. The number of guanidine groups is 1. The van der Waals surface area contributed by atoms with Crippen molar-refractivity contribution in [3.8, 4) is 0 Å². The average molecular weight is 387 g/mol. The Morgan fingerprint density at radius 2 is 1.93 bits per heavy atom. The molecule has 0 radical (unpaired) electrons. The Bertz CT molecular complexity index is 666. The zero-order valence-electron chi connectivity index (χ0n) is 17.3. The summed E-state index contributed by atoms with van der Waals surface area (Å²) < 4.78 is 5.32. The third-order valence-corrected chi connectivity index (χ3v) is 6.14. The number of anilines is 1. The van der Waals surface area contributed by atoms with Gasteiger partial charge >= 0.3 is 0 Å². The molecule has 154 valence electrons. The minimum absolute atomic E-state index is 0.227. The molecule has 2 aliphatic rings. The van der Waals surface area contributed by atoms with Gasteiger partial charge in [0.1, 0.15) is 0 Å². The number of amides is 1. The van der Waals surface area contributed by atoms with Gasteiger partial charge in [-0.3, -0.25) is 9.79 Å². The number of nitrogens with one attached hydrogen (secondary N) is 2. The van der Waals surface area contributed by atoms with E-state index in [4.69, 9.17) is 4.74 Å². The highest BCUT2D eigenvalue weighted by Crippen LogP contribution is 2.40. The zero-order valence-corrected chi connectivity index (χ0v) is 17.3. The predicted octanol–water partition coefficient (Wildman–Crippen LogP) is 3.08. The fourth-order valence-electron chi connectivity index (χ4n) is 4.35. The Balaban J connectivity index is 1.49. The lowest BCUT2D eigenvalue weighted by molar-refractivity contribution is -0.117. The van der Waals surface area contributed by atoms with E-state index >= 15 is 0 Å². The van der Waals surface area contributed by atoms with E-state index in [1.165, 1.54) is 31.2 Å². The molecular formula is C22H34N4O2. The van der Waals surface area contributed by atoms with Crippen molar-refractivity contribution in [2.24, 2.45) is 10.4 Å². The third kappa shape index (κ3) is 5.25. The lowest BCUT2D eigenvalue weighted by Crippen LogP contribution is -2.43. The summed E-state index contributed by atoms with van der Waals surface area (Å²) in [4.78, 5) is 18.1. The van der Waals surface area contributed by atoms with Crippen LogP contribution in [-0.2, 0) is 16.1 Å². The van der Waals surface area contributed by atoms with Crippen molar-refractivity contribution in [3.05, 3.63) is 29.8 Å². The van der Waals surface area contributed by atoms with Crippen molar-refractivity contribution in [2.45, 2.75) is 51.5 Å². The van der Waals surface area contributed by atoms with Crippen LogP contribution in [0.4, 0.5) is 5.69 Å². The van der Waals surface area contributed by atoms with Crippen LogP contribution in [0.25, 0.3) is 0 Å². The number of benzene rings is 1. The van der Waals surface area contributed by atoms with E-state index in [9.17, 15) is 4.79 Å². The molecule has 0 bridgehead atoms. The fraction of sp³-hybridized carbons (Fsp3) is 0.636. The first-order valence-electron chi connectivity index (χ1n) is 10.5. The maximum atomic E-state index is 11.9. The van der Waals surface area contributed by atoms with Crippen LogP contribution in [0.5, 0.6) is 0 Å². The Labute approximate surface area is 168 Å². The Morgan fingerprint density at radius 3 is 2.54 bits per heavy atom. The largest absolute Gasteiger partial charge is 0.385 e. The number of carbonyl (C=O) groups excluding carboxylic acids is 1. The van der Waals surface area contributed by atoms with Gasteiger partial charge in [-0.2, -0.15) is 0 Å². The van der Waals surface area contributed by atoms with Crippen molar-refractivity contribution in [1.29, 1.82) is 0 Å². The standard InChI is InChI=1S/C22H34N4O2/c1-23-21(25-17-22(13-15-28-2)11-3-4-12-22)24-16-18-7-9-19(10-8-18)26-14-5-6-20(26)27/h7-10H,3-6,11-17H2,1-2H3,(H2,23,24,25). The molecule has 1 saturated heterocycles. The number of ether oxygens (including phenoxy) is 1. The lowest BCUT2D eigenvalue weighted by atomic mass is 9.83. The molecule has 6 nitrogen and oxygen atoms in total. The van der Waals surface area contributed by atoms with Crippen LogP contribution in [0.1, 0.15) is 50.5 Å². The molecule has 1 aromatic carbocycles. The zero-order chi connectivity index (χ0) is 19.8. The Kier molecular flexibility index (Phi) is 7.31. The van der Waals surface area contributed by atoms with Gasteiger partial charge in [0.2, 0.25) is 5.91 Å². The van der Waals surface area contributed by atoms with E-state index in [0.717, 1.165) is 44.2 Å². The lowest BCUT2D eigenvalue weighted by Gasteiger charge is -2.30. The summed E-state index contributed by atoms with van der Waals surface area (Å²) in [5.74, 6) is 1.06. The second-order valence-corrected chi connectivity index (χ2v) is 8.04. The van der Waals surface area contributed by atoms with Crippen LogP contribution < -0.4 is 15.5 Å². The van der Waals surface area contributed by atoms with E-state index in [1.807, 2.05) is 24.1 Å². The number of hydrogen-bond acceptors (Lipinski definition) is 3. The van der Waals surface area contributed by atoms with Crippen LogP contribution in [0, 0.1) is 5.41 Å². The highest BCUT2D eigenvalue weighted by atomic mass is 16.5. The number of hydrogen-bond donors (Lipinski definition) is 2. The highest BCUT2D eigenvalue weighted by molar-refractivity contribution is 5.95. The van der Waals surface area contributed by atoms with E-state index in [-0.39, 0.29) is 5.91 Å². The normalized spacial score (nSPS) is 19.3. The number of nitrogens with zero attached hydrogens (tertiary/aromatic N) is 2. The maximum Gasteiger partial charge on any atom is 0.227 e. The molecule has 0 unspecified atom stereocenters. The van der Waals surface area contributed by atoms with Crippen molar-refractivity contribution in [3.63, 3.8) is 0 Å². The molecule has 0 spiro atoms. The molecule has 3 rings (SSSR count). The van der Waals surface area contributed by atoms with Gasteiger partial charge in [0, 0.05) is 52.5 Å². The molecule has 0 atom stereocenters. The molecule has 1 saturated carbocycles. The van der Waals surface area contributed by atoms with E-state index in [2.05, 4.69) is 27.8 Å². The summed E-state index contributed by atoms with van der Waals surface area (Å²) in [5, 5.41) is 6.93. The Morgan fingerprint density at radius 1 is 1.18 bits per heavy atom. The third-order valence-electron chi connectivity index (χ3n) is 6.14. The molecular weight excluding hydrogens is 352 g/mol. The van der Waals surface area contributed by atoms with Crippen molar-refractivity contribution in [2.75, 3.05) is 38.8 Å². The van der Waals surface area contributed by atoms with Crippen molar-refractivity contribution >= 4 is 17.6 Å². The molecule has 2 N–H and O–H groups in total. The summed E-state index contributed by atoms with van der Waals surface area (Å²) >= 11 is 0. The topological polar surface area (TPSA) is 66.0 Å². The quantitative estimate of drug-likeness (QED) is 0.532.